The molecule has 3 aromatic rings. The normalized spacial score (nSPS) is 12.5. The van der Waals surface area contributed by atoms with Gasteiger partial charge in [-0.3, -0.25) is 9.88 Å². The Morgan fingerprint density at radius 3 is 2.62 bits per heavy atom. The summed E-state index contributed by atoms with van der Waals surface area (Å²) in [6.07, 6.45) is 3.76. The molecule has 6 heteroatoms. The molecule has 0 unspecified atom stereocenters. The number of para-hydroxylation sites is 1. The maximum atomic E-state index is 5.37. The zero-order chi connectivity index (χ0) is 16.8. The van der Waals surface area contributed by atoms with E-state index in [0.717, 1.165) is 17.1 Å². The lowest BCUT2D eigenvalue weighted by molar-refractivity contribution is 0.0992. The Bertz CT molecular complexity index is 744. The predicted molar refractivity (Wildman–Crippen MR) is 91.7 cm³/mol. The highest BCUT2D eigenvalue weighted by Crippen LogP contribution is 2.19. The molecular formula is C18H21N5O. The summed E-state index contributed by atoms with van der Waals surface area (Å²) >= 11 is 0. The van der Waals surface area contributed by atoms with Crippen LogP contribution in [-0.2, 0) is 11.3 Å². The number of hydrogen-bond acceptors (Lipinski definition) is 5. The van der Waals surface area contributed by atoms with E-state index in [9.17, 15) is 0 Å². The van der Waals surface area contributed by atoms with Crippen molar-refractivity contribution in [3.63, 3.8) is 0 Å². The van der Waals surface area contributed by atoms with Crippen LogP contribution in [0.25, 0.3) is 5.69 Å². The molecule has 0 spiro atoms. The number of aromatic nitrogens is 4. The highest BCUT2D eigenvalue weighted by atomic mass is 16.5. The number of likely N-dealkylation sites (N-methyl/N-ethyl adjacent to an activating group) is 1. The number of nitrogens with zero attached hydrogens (tertiary/aromatic N) is 5. The zero-order valence-corrected chi connectivity index (χ0v) is 13.9. The number of rotatable bonds is 7. The van der Waals surface area contributed by atoms with Crippen LogP contribution < -0.4 is 0 Å². The van der Waals surface area contributed by atoms with Gasteiger partial charge in [0, 0.05) is 19.9 Å². The smallest absolute Gasteiger partial charge is 0.0971 e. The molecule has 2 heterocycles. The van der Waals surface area contributed by atoms with Crippen LogP contribution in [-0.4, -0.2) is 45.6 Å². The quantitative estimate of drug-likeness (QED) is 0.668. The largest absolute Gasteiger partial charge is 0.383 e. The second-order valence-electron chi connectivity index (χ2n) is 5.63. The lowest BCUT2D eigenvalue weighted by atomic mass is 10.1. The van der Waals surface area contributed by atoms with Gasteiger partial charge in [0.25, 0.3) is 0 Å². The summed E-state index contributed by atoms with van der Waals surface area (Å²) in [5.74, 6) is 0. The van der Waals surface area contributed by atoms with Crippen molar-refractivity contribution in [3.05, 3.63) is 72.3 Å². The molecule has 0 saturated carbocycles. The summed E-state index contributed by atoms with van der Waals surface area (Å²) in [7, 11) is 3.75. The van der Waals surface area contributed by atoms with E-state index >= 15 is 0 Å². The van der Waals surface area contributed by atoms with Crippen LogP contribution in [0.2, 0.25) is 0 Å². The van der Waals surface area contributed by atoms with Crippen molar-refractivity contribution in [1.29, 1.82) is 0 Å². The minimum absolute atomic E-state index is 0.0677. The summed E-state index contributed by atoms with van der Waals surface area (Å²) in [5, 5.41) is 8.49. The summed E-state index contributed by atoms with van der Waals surface area (Å²) in [6.45, 7) is 1.23. The molecule has 0 aliphatic carbocycles. The van der Waals surface area contributed by atoms with Crippen molar-refractivity contribution >= 4 is 0 Å². The molecule has 0 saturated heterocycles. The molecule has 124 valence electrons. The number of methoxy groups -OCH3 is 1. The second kappa shape index (κ2) is 7.81. The first kappa shape index (κ1) is 16.3. The molecule has 3 rings (SSSR count). The third-order valence-electron chi connectivity index (χ3n) is 3.86. The van der Waals surface area contributed by atoms with E-state index in [1.165, 1.54) is 0 Å². The first-order chi connectivity index (χ1) is 11.8. The maximum absolute atomic E-state index is 5.37. The van der Waals surface area contributed by atoms with E-state index in [1.807, 2.05) is 61.8 Å². The summed E-state index contributed by atoms with van der Waals surface area (Å²) in [5.41, 5.74) is 2.88. The molecule has 1 aromatic carbocycles. The number of benzene rings is 1. The second-order valence-corrected chi connectivity index (χ2v) is 5.63. The Morgan fingerprint density at radius 2 is 1.92 bits per heavy atom. The average molecular weight is 323 g/mol. The minimum atomic E-state index is 0.0677. The van der Waals surface area contributed by atoms with Gasteiger partial charge in [0.2, 0.25) is 0 Å². The van der Waals surface area contributed by atoms with E-state index in [1.54, 1.807) is 18.0 Å². The van der Waals surface area contributed by atoms with Crippen LogP contribution in [0.3, 0.4) is 0 Å². The fraction of sp³-hybridized carbons (Fsp3) is 0.278. The highest BCUT2D eigenvalue weighted by molar-refractivity contribution is 5.29. The molecule has 6 nitrogen and oxygen atoms in total. The van der Waals surface area contributed by atoms with Crippen molar-refractivity contribution in [2.45, 2.75) is 12.6 Å². The van der Waals surface area contributed by atoms with Crippen molar-refractivity contribution in [1.82, 2.24) is 24.9 Å². The van der Waals surface area contributed by atoms with Gasteiger partial charge in [0.1, 0.15) is 0 Å². The van der Waals surface area contributed by atoms with E-state index in [0.29, 0.717) is 13.2 Å². The van der Waals surface area contributed by atoms with E-state index in [4.69, 9.17) is 4.74 Å². The van der Waals surface area contributed by atoms with Crippen molar-refractivity contribution in [2.75, 3.05) is 20.8 Å². The fourth-order valence-corrected chi connectivity index (χ4v) is 2.61. The summed E-state index contributed by atoms with van der Waals surface area (Å²) < 4.78 is 7.16. The minimum Gasteiger partial charge on any atom is -0.383 e. The molecule has 1 atom stereocenters. The van der Waals surface area contributed by atoms with Crippen LogP contribution in [0.4, 0.5) is 0 Å². The van der Waals surface area contributed by atoms with Gasteiger partial charge in [-0.15, -0.1) is 5.10 Å². The molecule has 0 bridgehead atoms. The first-order valence-corrected chi connectivity index (χ1v) is 7.84. The van der Waals surface area contributed by atoms with Crippen molar-refractivity contribution in [2.24, 2.45) is 0 Å². The van der Waals surface area contributed by atoms with Gasteiger partial charge < -0.3 is 4.74 Å². The lowest BCUT2D eigenvalue weighted by Crippen LogP contribution is -2.28. The van der Waals surface area contributed by atoms with E-state index < -0.39 is 0 Å². The van der Waals surface area contributed by atoms with Crippen LogP contribution >= 0.6 is 0 Å². The molecule has 0 radical (unpaired) electrons. The molecule has 0 amide bonds. The topological polar surface area (TPSA) is 56.1 Å². The fourth-order valence-electron chi connectivity index (χ4n) is 2.61. The standard InChI is InChI=1S/C18H21N5O/c1-22(18(14-24-2)17-10-6-7-11-19-17)12-15-13-23(21-20-15)16-8-4-3-5-9-16/h3-11,13,18H,12,14H2,1-2H3/t18-/m0/s1. The van der Waals surface area contributed by atoms with Gasteiger partial charge >= 0.3 is 0 Å². The zero-order valence-electron chi connectivity index (χ0n) is 13.9. The van der Waals surface area contributed by atoms with Gasteiger partial charge in [0.15, 0.2) is 0 Å². The summed E-state index contributed by atoms with van der Waals surface area (Å²) in [4.78, 5) is 6.62. The lowest BCUT2D eigenvalue weighted by Gasteiger charge is -2.26. The number of hydrogen-bond donors (Lipinski definition) is 0. The van der Waals surface area contributed by atoms with Crippen molar-refractivity contribution in [3.8, 4) is 5.69 Å². The number of pyridine rings is 1. The van der Waals surface area contributed by atoms with Gasteiger partial charge in [-0.1, -0.05) is 29.5 Å². The monoisotopic (exact) mass is 323 g/mol. The molecule has 0 fully saturated rings. The third-order valence-corrected chi connectivity index (χ3v) is 3.86. The van der Waals surface area contributed by atoms with E-state index in [2.05, 4.69) is 20.2 Å². The molecule has 0 aliphatic heterocycles. The molecular weight excluding hydrogens is 302 g/mol. The molecule has 2 aromatic heterocycles. The van der Waals surface area contributed by atoms with Gasteiger partial charge in [-0.25, -0.2) is 4.68 Å². The Balaban J connectivity index is 1.73. The maximum Gasteiger partial charge on any atom is 0.0971 e. The number of ether oxygens (including phenoxy) is 1. The van der Waals surface area contributed by atoms with Gasteiger partial charge in [-0.05, 0) is 31.3 Å². The van der Waals surface area contributed by atoms with Crippen LogP contribution in [0.5, 0.6) is 0 Å². The molecule has 0 N–H and O–H groups in total. The molecule has 0 aliphatic rings. The third kappa shape index (κ3) is 3.84. The van der Waals surface area contributed by atoms with Crippen LogP contribution in [0.15, 0.2) is 60.9 Å². The SMILES string of the molecule is COC[C@@H](c1ccccn1)N(C)Cc1cn(-c2ccccc2)nn1. The first-order valence-electron chi connectivity index (χ1n) is 7.84. The molecule has 24 heavy (non-hydrogen) atoms. The Labute approximate surface area is 141 Å². The predicted octanol–water partition coefficient (Wildman–Crippen LogP) is 2.48. The Hall–Kier alpha value is -2.57. The van der Waals surface area contributed by atoms with Gasteiger partial charge in [0.05, 0.1) is 35.9 Å². The van der Waals surface area contributed by atoms with Crippen LogP contribution in [0.1, 0.15) is 17.4 Å². The van der Waals surface area contributed by atoms with Gasteiger partial charge in [-0.2, -0.15) is 0 Å². The Morgan fingerprint density at radius 1 is 1.12 bits per heavy atom. The average Bonchev–Trinajstić information content (AvgIpc) is 3.09. The van der Waals surface area contributed by atoms with Crippen LogP contribution in [0, 0.1) is 0 Å². The summed E-state index contributed by atoms with van der Waals surface area (Å²) in [6, 6.07) is 15.9. The van der Waals surface area contributed by atoms with E-state index in [-0.39, 0.29) is 6.04 Å². The Kier molecular flexibility index (Phi) is 5.30. The van der Waals surface area contributed by atoms with Crippen molar-refractivity contribution < 1.29 is 4.74 Å². The highest BCUT2D eigenvalue weighted by Gasteiger charge is 2.19.